The van der Waals surface area contributed by atoms with E-state index in [1.54, 1.807) is 0 Å². The van der Waals surface area contributed by atoms with Gasteiger partial charge in [0.2, 0.25) is 0 Å². The summed E-state index contributed by atoms with van der Waals surface area (Å²) in [7, 11) is -18.3. The Bertz CT molecular complexity index is 596. The quantitative estimate of drug-likeness (QED) is 0.190. The molecule has 0 unspecified atom stereocenters. The molecule has 0 N–H and O–H groups in total. The van der Waals surface area contributed by atoms with Crippen LogP contribution in [-0.2, 0) is 47.4 Å². The summed E-state index contributed by atoms with van der Waals surface area (Å²) in [6.45, 7) is 0. The molecule has 0 aliphatic heterocycles. The molecule has 158 valence electrons. The van der Waals surface area contributed by atoms with Crippen molar-refractivity contribution in [2.24, 2.45) is 0 Å². The maximum absolute atomic E-state index is 10.7. The van der Waals surface area contributed by atoms with Crippen LogP contribution in [0.3, 0.4) is 0 Å². The summed E-state index contributed by atoms with van der Waals surface area (Å²) in [4.78, 5) is 0. The van der Waals surface area contributed by atoms with Crippen LogP contribution in [0.1, 0.15) is 0 Å². The molecule has 22 heteroatoms. The van der Waals surface area contributed by atoms with E-state index in [1.807, 2.05) is 0 Å². The van der Waals surface area contributed by atoms with Crippen molar-refractivity contribution < 1.29 is 95.5 Å². The second kappa shape index (κ2) is 9.52. The fourth-order valence-electron chi connectivity index (χ4n) is 0. The first kappa shape index (κ1) is 32.3. The molecule has 0 atom stereocenters. The zero-order chi connectivity index (χ0) is 21.0. The van der Waals surface area contributed by atoms with E-state index in [9.17, 15) is 39.5 Å². The van der Waals surface area contributed by atoms with Crippen molar-refractivity contribution >= 4 is 30.4 Å². The summed E-state index contributed by atoms with van der Waals surface area (Å²) in [5.74, 6) is 0. The Balaban J connectivity index is -0.000000130. The van der Waals surface area contributed by atoms with Gasteiger partial charge in [0.25, 0.3) is 0 Å². The van der Waals surface area contributed by atoms with Crippen molar-refractivity contribution in [3.8, 4) is 0 Å². The zero-order valence-corrected chi connectivity index (χ0v) is 13.5. The van der Waals surface area contributed by atoms with E-state index in [0.717, 1.165) is 0 Å². The Kier molecular flexibility index (Phi) is 12.3. The van der Waals surface area contributed by atoms with Gasteiger partial charge in [0.1, 0.15) is 0 Å². The van der Waals surface area contributed by atoms with Gasteiger partial charge in [-0.1, -0.05) is 0 Å². The Hall–Kier alpha value is -0.381. The molecular weight excluding hydrogens is 511 g/mol. The summed E-state index contributed by atoms with van der Waals surface area (Å²) >= 11 is 0. The van der Waals surface area contributed by atoms with Crippen LogP contribution in [0.4, 0.5) is 39.5 Å². The fourth-order valence-corrected chi connectivity index (χ4v) is 0. The van der Waals surface area contributed by atoms with Gasteiger partial charge in [0.05, 0.1) is 0 Å². The molecule has 0 aromatic heterocycles. The second-order valence-electron chi connectivity index (χ2n) is 2.70. The van der Waals surface area contributed by atoms with Gasteiger partial charge in [-0.2, -0.15) is 39.5 Å². The fraction of sp³-hybridized carbons (Fsp3) is 1.00. The average Bonchev–Trinajstić information content (AvgIpc) is 2.08. The standard InChI is InChI=1S/3CHF3O3S.Cu/c3*2-1(3,4)8(5,6)7;/h3*(H,5,6,7);/q;;;+3/p-3. The molecule has 0 spiro atoms. The number of alkyl halides is 9. The molecule has 25 heavy (non-hydrogen) atoms. The minimum atomic E-state index is -6.09. The molecule has 0 aromatic carbocycles. The van der Waals surface area contributed by atoms with Crippen molar-refractivity contribution in [3.63, 3.8) is 0 Å². The maximum atomic E-state index is 10.7. The molecule has 0 saturated heterocycles. The van der Waals surface area contributed by atoms with E-state index in [-0.39, 0.29) is 17.1 Å². The smallest absolute Gasteiger partial charge is 0.741 e. The topological polar surface area (TPSA) is 172 Å². The number of rotatable bonds is 0. The van der Waals surface area contributed by atoms with Crippen LogP contribution in [0.15, 0.2) is 0 Å². The van der Waals surface area contributed by atoms with Crippen LogP contribution in [0.2, 0.25) is 0 Å². The van der Waals surface area contributed by atoms with Gasteiger partial charge in [-0.15, -0.1) is 0 Å². The van der Waals surface area contributed by atoms with Gasteiger partial charge in [-0.25, -0.2) is 25.3 Å². The third-order valence-corrected chi connectivity index (χ3v) is 2.55. The summed E-state index contributed by atoms with van der Waals surface area (Å²) in [6.07, 6.45) is 0. The molecule has 9 nitrogen and oxygen atoms in total. The van der Waals surface area contributed by atoms with Crippen LogP contribution in [-0.4, -0.2) is 55.4 Å². The average molecular weight is 511 g/mol. The van der Waals surface area contributed by atoms with Crippen LogP contribution < -0.4 is 0 Å². The number of hydrogen-bond acceptors (Lipinski definition) is 9. The maximum Gasteiger partial charge on any atom is 3.00 e. The summed E-state index contributed by atoms with van der Waals surface area (Å²) in [5.41, 5.74) is -16.9. The monoisotopic (exact) mass is 510 g/mol. The van der Waals surface area contributed by atoms with Gasteiger partial charge >= 0.3 is 33.6 Å². The van der Waals surface area contributed by atoms with E-state index in [0.29, 0.717) is 0 Å². The van der Waals surface area contributed by atoms with E-state index in [1.165, 1.54) is 0 Å². The molecular formula is C3CuF9O9S3. The minimum Gasteiger partial charge on any atom is -0.741 e. The third-order valence-electron chi connectivity index (χ3n) is 0.850. The van der Waals surface area contributed by atoms with Crippen LogP contribution in [0.25, 0.3) is 0 Å². The van der Waals surface area contributed by atoms with E-state index in [4.69, 9.17) is 38.9 Å². The first-order valence-electron chi connectivity index (χ1n) is 3.81. The van der Waals surface area contributed by atoms with Crippen LogP contribution in [0.5, 0.6) is 0 Å². The molecule has 0 bridgehead atoms. The van der Waals surface area contributed by atoms with Crippen LogP contribution in [0, 0.1) is 0 Å². The molecule has 0 rings (SSSR count). The van der Waals surface area contributed by atoms with Gasteiger partial charge in [-0.05, 0) is 0 Å². The van der Waals surface area contributed by atoms with Gasteiger partial charge < -0.3 is 13.7 Å². The first-order chi connectivity index (χ1) is 9.75. The predicted molar refractivity (Wildman–Crippen MR) is 47.3 cm³/mol. The Morgan fingerprint density at radius 2 is 0.480 bits per heavy atom. The Morgan fingerprint density at radius 3 is 0.480 bits per heavy atom. The Labute approximate surface area is 142 Å². The second-order valence-corrected chi connectivity index (χ2v) is 6.81. The van der Waals surface area contributed by atoms with E-state index < -0.39 is 46.9 Å². The molecule has 0 aliphatic rings. The summed E-state index contributed by atoms with van der Waals surface area (Å²) < 4.78 is 177. The normalized spacial score (nSPS) is 13.4. The summed E-state index contributed by atoms with van der Waals surface area (Å²) in [5, 5.41) is 0. The van der Waals surface area contributed by atoms with Gasteiger partial charge in [-0.3, -0.25) is 0 Å². The number of halogens is 9. The van der Waals surface area contributed by atoms with Crippen molar-refractivity contribution in [2.45, 2.75) is 16.5 Å². The van der Waals surface area contributed by atoms with Gasteiger partial charge in [0, 0.05) is 0 Å². The van der Waals surface area contributed by atoms with E-state index >= 15 is 0 Å². The van der Waals surface area contributed by atoms with Gasteiger partial charge in [0.15, 0.2) is 30.4 Å². The third kappa shape index (κ3) is 15.6. The molecule has 0 aliphatic carbocycles. The SMILES string of the molecule is O=S(=O)([O-])C(F)(F)F.O=S(=O)([O-])C(F)(F)F.O=S(=O)([O-])C(F)(F)F.[Cu+3]. The molecule has 0 saturated carbocycles. The molecule has 0 fully saturated rings. The van der Waals surface area contributed by atoms with Crippen molar-refractivity contribution in [2.75, 3.05) is 0 Å². The largest absolute Gasteiger partial charge is 3.00 e. The van der Waals surface area contributed by atoms with Crippen molar-refractivity contribution in [1.82, 2.24) is 0 Å². The molecule has 0 aromatic rings. The molecule has 0 radical (unpaired) electrons. The van der Waals surface area contributed by atoms with Crippen LogP contribution >= 0.6 is 0 Å². The minimum absolute atomic E-state index is 0. The van der Waals surface area contributed by atoms with Crippen molar-refractivity contribution in [3.05, 3.63) is 0 Å². The molecule has 0 heterocycles. The molecule has 0 amide bonds. The zero-order valence-electron chi connectivity index (χ0n) is 10.1. The first-order valence-corrected chi connectivity index (χ1v) is 8.04. The van der Waals surface area contributed by atoms with E-state index in [2.05, 4.69) is 0 Å². The number of hydrogen-bond donors (Lipinski definition) is 0. The predicted octanol–water partition coefficient (Wildman–Crippen LogP) is 0.152. The Morgan fingerprint density at radius 1 is 0.440 bits per heavy atom. The van der Waals surface area contributed by atoms with Crippen molar-refractivity contribution in [1.29, 1.82) is 0 Å². The summed E-state index contributed by atoms with van der Waals surface area (Å²) in [6, 6.07) is 0.